The van der Waals surface area contributed by atoms with Crippen LogP contribution in [0.3, 0.4) is 0 Å². The number of aliphatic hydroxyl groups is 1. The zero-order valence-electron chi connectivity index (χ0n) is 22.4. The maximum atomic E-state index is 12.3. The molecule has 1 amide bonds. The molecule has 4 aromatic carbocycles. The number of carbonyl (C=O) groups is 1. The van der Waals surface area contributed by atoms with Crippen molar-refractivity contribution in [3.8, 4) is 16.9 Å². The van der Waals surface area contributed by atoms with Gasteiger partial charge in [-0.2, -0.15) is 0 Å². The normalized spacial score (nSPS) is 14.9. The van der Waals surface area contributed by atoms with Gasteiger partial charge >= 0.3 is 6.09 Å². The molecule has 0 radical (unpaired) electrons. The van der Waals surface area contributed by atoms with Crippen molar-refractivity contribution in [2.45, 2.75) is 31.4 Å². The molecule has 4 aromatic rings. The molecule has 0 aliphatic carbocycles. The van der Waals surface area contributed by atoms with Gasteiger partial charge in [-0.15, -0.1) is 0 Å². The third-order valence-electron chi connectivity index (χ3n) is 7.50. The quantitative estimate of drug-likeness (QED) is 0.219. The van der Waals surface area contributed by atoms with E-state index in [4.69, 9.17) is 22.1 Å². The Bertz CT molecular complexity index is 1420. The number of nitrogens with zero attached hydrogens (tertiary/aromatic N) is 1. The molecule has 5 rings (SSSR count). The summed E-state index contributed by atoms with van der Waals surface area (Å²) in [5, 5.41) is 14.5. The maximum absolute atomic E-state index is 12.3. The summed E-state index contributed by atoms with van der Waals surface area (Å²) < 4.78 is 5.42. The number of amides is 1. The van der Waals surface area contributed by atoms with E-state index >= 15 is 0 Å². The van der Waals surface area contributed by atoms with Crippen LogP contribution in [0.25, 0.3) is 11.1 Å². The minimum atomic E-state index is -0.734. The van der Waals surface area contributed by atoms with Crippen molar-refractivity contribution in [1.29, 1.82) is 0 Å². The molecule has 0 bridgehead atoms. The van der Waals surface area contributed by atoms with Crippen LogP contribution in [0.4, 0.5) is 10.5 Å². The molecule has 1 aliphatic rings. The molecular weight excluding hydrogens is 522 g/mol. The third-order valence-corrected chi connectivity index (χ3v) is 7.75. The van der Waals surface area contributed by atoms with E-state index in [-0.39, 0.29) is 0 Å². The molecule has 1 heterocycles. The fourth-order valence-electron chi connectivity index (χ4n) is 5.10. The number of hydrogen-bond donors (Lipinski definition) is 3. The van der Waals surface area contributed by atoms with Crippen molar-refractivity contribution in [3.05, 3.63) is 119 Å². The van der Waals surface area contributed by atoms with Gasteiger partial charge in [0.1, 0.15) is 0 Å². The first kappa shape index (κ1) is 27.7. The second-order valence-corrected chi connectivity index (χ2v) is 10.8. The van der Waals surface area contributed by atoms with Gasteiger partial charge in [-0.1, -0.05) is 84.4 Å². The fourth-order valence-corrected chi connectivity index (χ4v) is 5.22. The van der Waals surface area contributed by atoms with E-state index in [9.17, 15) is 9.90 Å². The lowest BCUT2D eigenvalue weighted by Crippen LogP contribution is -2.42. The summed E-state index contributed by atoms with van der Waals surface area (Å²) >= 11 is 5.96. The van der Waals surface area contributed by atoms with Crippen LogP contribution in [0.2, 0.25) is 5.02 Å². The predicted molar refractivity (Wildman–Crippen MR) is 160 cm³/mol. The van der Waals surface area contributed by atoms with E-state index in [0.29, 0.717) is 29.4 Å². The molecule has 7 heteroatoms. The van der Waals surface area contributed by atoms with Crippen LogP contribution < -0.4 is 15.8 Å². The second kappa shape index (κ2) is 12.6. The van der Waals surface area contributed by atoms with Crippen LogP contribution in [0.1, 0.15) is 29.5 Å². The van der Waals surface area contributed by atoms with Crippen LogP contribution in [0.15, 0.2) is 97.1 Å². The minimum Gasteiger partial charge on any atom is -0.408 e. The topological polar surface area (TPSA) is 87.8 Å². The molecule has 4 N–H and O–H groups in total. The first-order valence-corrected chi connectivity index (χ1v) is 13.9. The first-order valence-electron chi connectivity index (χ1n) is 13.6. The second-order valence-electron chi connectivity index (χ2n) is 10.3. The Hall–Kier alpha value is -3.84. The molecule has 40 heavy (non-hydrogen) atoms. The zero-order chi connectivity index (χ0) is 28.0. The Balaban J connectivity index is 1.05. The summed E-state index contributed by atoms with van der Waals surface area (Å²) in [5.41, 5.74) is 11.0. The van der Waals surface area contributed by atoms with Gasteiger partial charge in [0.05, 0.1) is 11.3 Å². The summed E-state index contributed by atoms with van der Waals surface area (Å²) in [4.78, 5) is 14.7. The fraction of sp³-hybridized carbons (Fsp3) is 0.242. The number of hydrogen-bond acceptors (Lipinski definition) is 5. The van der Waals surface area contributed by atoms with Crippen LogP contribution in [0.5, 0.6) is 5.75 Å². The van der Waals surface area contributed by atoms with E-state index in [1.54, 1.807) is 12.1 Å². The van der Waals surface area contributed by atoms with Crippen molar-refractivity contribution < 1.29 is 14.6 Å². The van der Waals surface area contributed by atoms with Crippen molar-refractivity contribution in [2.75, 3.05) is 25.4 Å². The summed E-state index contributed by atoms with van der Waals surface area (Å²) in [7, 11) is 0. The summed E-state index contributed by atoms with van der Waals surface area (Å²) in [5.74, 6) is 0.319. The zero-order valence-corrected chi connectivity index (χ0v) is 23.1. The van der Waals surface area contributed by atoms with E-state index < -0.39 is 11.7 Å². The van der Waals surface area contributed by atoms with Crippen molar-refractivity contribution in [1.82, 2.24) is 10.2 Å². The van der Waals surface area contributed by atoms with Gasteiger partial charge in [0.25, 0.3) is 0 Å². The van der Waals surface area contributed by atoms with E-state index in [1.807, 2.05) is 60.7 Å². The molecule has 0 saturated carbocycles. The number of nitrogens with one attached hydrogen (secondary N) is 1. The third kappa shape index (κ3) is 7.02. The molecule has 1 aliphatic heterocycles. The molecule has 206 valence electrons. The van der Waals surface area contributed by atoms with Crippen LogP contribution >= 0.6 is 11.6 Å². The number of halogens is 1. The van der Waals surface area contributed by atoms with Crippen molar-refractivity contribution >= 4 is 23.4 Å². The Morgan fingerprint density at radius 2 is 1.55 bits per heavy atom. The smallest absolute Gasteiger partial charge is 0.408 e. The van der Waals surface area contributed by atoms with Gasteiger partial charge in [-0.3, -0.25) is 4.90 Å². The Morgan fingerprint density at radius 1 is 0.900 bits per heavy atom. The Morgan fingerprint density at radius 3 is 2.23 bits per heavy atom. The number of piperidine rings is 1. The highest BCUT2D eigenvalue weighted by atomic mass is 35.5. The molecule has 1 fully saturated rings. The van der Waals surface area contributed by atoms with E-state index in [0.717, 1.165) is 54.7 Å². The Kier molecular flexibility index (Phi) is 8.70. The molecular formula is C33H34ClN3O3. The first-order chi connectivity index (χ1) is 19.4. The number of nitrogen functional groups attached to an aromatic ring is 1. The van der Waals surface area contributed by atoms with Gasteiger partial charge in [-0.05, 0) is 71.3 Å². The van der Waals surface area contributed by atoms with E-state index in [2.05, 4.69) is 34.5 Å². The number of rotatable bonds is 8. The molecule has 0 aromatic heterocycles. The molecule has 0 unspecified atom stereocenters. The number of ether oxygens (including phenoxy) is 1. The van der Waals surface area contributed by atoms with Gasteiger partial charge in [0.2, 0.25) is 0 Å². The van der Waals surface area contributed by atoms with Crippen molar-refractivity contribution in [3.63, 3.8) is 0 Å². The number of anilines is 1. The average molecular weight is 556 g/mol. The average Bonchev–Trinajstić information content (AvgIpc) is 2.97. The van der Waals surface area contributed by atoms with Gasteiger partial charge in [0.15, 0.2) is 5.75 Å². The minimum absolute atomic E-state index is 0.319. The monoisotopic (exact) mass is 555 g/mol. The summed E-state index contributed by atoms with van der Waals surface area (Å²) in [6.45, 7) is 3.01. The highest BCUT2D eigenvalue weighted by Crippen LogP contribution is 2.33. The molecule has 6 nitrogen and oxygen atoms in total. The lowest BCUT2D eigenvalue weighted by atomic mass is 9.84. The number of benzene rings is 4. The maximum Gasteiger partial charge on any atom is 0.412 e. The highest BCUT2D eigenvalue weighted by Gasteiger charge is 2.33. The predicted octanol–water partition coefficient (Wildman–Crippen LogP) is 6.40. The van der Waals surface area contributed by atoms with Gasteiger partial charge < -0.3 is 20.9 Å². The largest absolute Gasteiger partial charge is 0.412 e. The number of carbonyl (C=O) groups excluding carboxylic acids is 1. The standard InChI is InChI=1S/C33H34ClN3O3/c34-29-13-10-26(11-14-29)27-12-15-31(30(35)22-27)40-32(38)36-19-16-24-6-8-25(9-7-24)23-37-20-17-33(39,18-21-37)28-4-2-1-3-5-28/h1-15,22,39H,16-21,23,35H2,(H,36,38). The highest BCUT2D eigenvalue weighted by molar-refractivity contribution is 6.30. The van der Waals surface area contributed by atoms with Crippen LogP contribution in [-0.4, -0.2) is 35.7 Å². The Labute approximate surface area is 240 Å². The van der Waals surface area contributed by atoms with Crippen molar-refractivity contribution in [2.24, 2.45) is 0 Å². The van der Waals surface area contributed by atoms with Crippen LogP contribution in [0, 0.1) is 0 Å². The number of nitrogens with two attached hydrogens (primary N) is 1. The van der Waals surface area contributed by atoms with E-state index in [1.165, 1.54) is 5.56 Å². The molecule has 0 atom stereocenters. The van der Waals surface area contributed by atoms with Gasteiger partial charge in [0, 0.05) is 31.2 Å². The van der Waals surface area contributed by atoms with Gasteiger partial charge in [-0.25, -0.2) is 4.79 Å². The van der Waals surface area contributed by atoms with Crippen LogP contribution in [-0.2, 0) is 18.6 Å². The molecule has 0 spiro atoms. The molecule has 1 saturated heterocycles. The lowest BCUT2D eigenvalue weighted by molar-refractivity contribution is -0.0277. The SMILES string of the molecule is Nc1cc(-c2ccc(Cl)cc2)ccc1OC(=O)NCCc1ccc(CN2CCC(O)(c3ccccc3)CC2)cc1. The summed E-state index contributed by atoms with van der Waals surface area (Å²) in [6, 6.07) is 31.2. The lowest BCUT2D eigenvalue weighted by Gasteiger charge is -2.38. The summed E-state index contributed by atoms with van der Waals surface area (Å²) in [6.07, 6.45) is 1.61. The number of likely N-dealkylation sites (tertiary alicyclic amines) is 1.